The number of aliphatic hydroxyl groups excluding tert-OH is 1. The molecule has 0 fully saturated rings. The molecule has 0 saturated heterocycles. The van der Waals surface area contributed by atoms with E-state index in [2.05, 4.69) is 20.9 Å². The van der Waals surface area contributed by atoms with Crippen LogP contribution >= 0.6 is 27.5 Å². The highest BCUT2D eigenvalue weighted by atomic mass is 79.9. The number of aromatic nitrogens is 1. The van der Waals surface area contributed by atoms with Gasteiger partial charge in [-0.05, 0) is 28.1 Å². The van der Waals surface area contributed by atoms with E-state index >= 15 is 0 Å². The minimum atomic E-state index is -0.662. The molecule has 1 rings (SSSR count). The molecule has 4 heteroatoms. The summed E-state index contributed by atoms with van der Waals surface area (Å²) in [6, 6.07) is 3.55. The van der Waals surface area contributed by atoms with E-state index < -0.39 is 6.10 Å². The minimum Gasteiger partial charge on any atom is -0.386 e. The summed E-state index contributed by atoms with van der Waals surface area (Å²) in [5.74, 6) is 0.175. The monoisotopic (exact) mass is 235 g/mol. The Morgan fingerprint density at radius 2 is 2.36 bits per heavy atom. The first kappa shape index (κ1) is 8.97. The quantitative estimate of drug-likeness (QED) is 0.798. The van der Waals surface area contributed by atoms with Gasteiger partial charge in [0.15, 0.2) is 0 Å². The average molecular weight is 236 g/mol. The van der Waals surface area contributed by atoms with E-state index in [9.17, 15) is 5.11 Å². The Morgan fingerprint density at radius 1 is 1.64 bits per heavy atom. The van der Waals surface area contributed by atoms with Gasteiger partial charge in [0.05, 0.1) is 11.6 Å². The molecule has 0 aliphatic carbocycles. The highest BCUT2D eigenvalue weighted by Gasteiger charge is 2.05. The molecule has 0 aliphatic rings. The van der Waals surface area contributed by atoms with Gasteiger partial charge >= 0.3 is 0 Å². The van der Waals surface area contributed by atoms with Gasteiger partial charge in [-0.2, -0.15) is 0 Å². The second-order valence-corrected chi connectivity index (χ2v) is 3.30. The molecule has 0 saturated carbocycles. The van der Waals surface area contributed by atoms with Crippen LogP contribution in [0.15, 0.2) is 22.8 Å². The van der Waals surface area contributed by atoms with Crippen molar-refractivity contribution >= 4 is 27.5 Å². The molecular formula is C7H7BrClNO. The molecule has 0 unspecified atom stereocenters. The summed E-state index contributed by atoms with van der Waals surface area (Å²) in [7, 11) is 0. The second-order valence-electron chi connectivity index (χ2n) is 2.07. The summed E-state index contributed by atoms with van der Waals surface area (Å²) in [4.78, 5) is 3.97. The number of nitrogens with zero attached hydrogens (tertiary/aromatic N) is 1. The second kappa shape index (κ2) is 4.04. The first-order chi connectivity index (χ1) is 5.24. The largest absolute Gasteiger partial charge is 0.386 e. The molecule has 1 aromatic rings. The Balaban J connectivity index is 2.81. The molecule has 0 aromatic carbocycles. The fraction of sp³-hybridized carbons (Fsp3) is 0.286. The lowest BCUT2D eigenvalue weighted by Crippen LogP contribution is -2.00. The topological polar surface area (TPSA) is 33.1 Å². The number of halogens is 2. The number of alkyl halides is 1. The molecule has 1 aromatic heterocycles. The van der Waals surface area contributed by atoms with E-state index in [1.165, 1.54) is 0 Å². The summed E-state index contributed by atoms with van der Waals surface area (Å²) in [5, 5.41) is 9.21. The third kappa shape index (κ3) is 2.43. The van der Waals surface area contributed by atoms with Crippen LogP contribution in [0, 0.1) is 0 Å². The number of aliphatic hydroxyl groups is 1. The van der Waals surface area contributed by atoms with Crippen LogP contribution in [0.5, 0.6) is 0 Å². The fourth-order valence-electron chi connectivity index (χ4n) is 0.663. The average Bonchev–Trinajstić information content (AvgIpc) is 2.05. The van der Waals surface area contributed by atoms with Crippen molar-refractivity contribution in [3.05, 3.63) is 28.5 Å². The van der Waals surface area contributed by atoms with Crippen molar-refractivity contribution in [2.45, 2.75) is 6.10 Å². The molecule has 0 aliphatic heterocycles. The Morgan fingerprint density at radius 3 is 2.82 bits per heavy atom. The third-order valence-electron chi connectivity index (χ3n) is 1.24. The van der Waals surface area contributed by atoms with Crippen LogP contribution in [-0.2, 0) is 0 Å². The highest BCUT2D eigenvalue weighted by Crippen LogP contribution is 2.14. The van der Waals surface area contributed by atoms with Crippen molar-refractivity contribution < 1.29 is 5.11 Å². The first-order valence-electron chi connectivity index (χ1n) is 3.09. The molecule has 0 radical (unpaired) electrons. The maximum Gasteiger partial charge on any atom is 0.109 e. The standard InChI is InChI=1S/C7H7BrClNO/c8-5-1-2-6(10-4-5)7(11)3-9/h1-2,4,7,11H,3H2/t7-/m1/s1. The zero-order valence-corrected chi connectivity index (χ0v) is 8.01. The molecule has 2 nitrogen and oxygen atoms in total. The van der Waals surface area contributed by atoms with Gasteiger partial charge < -0.3 is 5.11 Å². The third-order valence-corrected chi connectivity index (χ3v) is 2.00. The molecule has 1 atom stereocenters. The molecule has 1 N–H and O–H groups in total. The Hall–Kier alpha value is -0.120. The van der Waals surface area contributed by atoms with Crippen LogP contribution < -0.4 is 0 Å². The van der Waals surface area contributed by atoms with E-state index in [4.69, 9.17) is 11.6 Å². The lowest BCUT2D eigenvalue weighted by Gasteiger charge is -2.04. The van der Waals surface area contributed by atoms with E-state index in [1.807, 2.05) is 6.07 Å². The summed E-state index contributed by atoms with van der Waals surface area (Å²) >= 11 is 8.66. The van der Waals surface area contributed by atoms with Crippen molar-refractivity contribution in [3.63, 3.8) is 0 Å². The van der Waals surface area contributed by atoms with Crippen LogP contribution in [0.3, 0.4) is 0 Å². The summed E-state index contributed by atoms with van der Waals surface area (Å²) in [5.41, 5.74) is 0.600. The zero-order valence-electron chi connectivity index (χ0n) is 5.67. The summed E-state index contributed by atoms with van der Waals surface area (Å²) < 4.78 is 0.892. The van der Waals surface area contributed by atoms with Crippen LogP contribution in [0.2, 0.25) is 0 Å². The molecule has 0 amide bonds. The molecule has 1 heterocycles. The minimum absolute atomic E-state index is 0.175. The summed E-state index contributed by atoms with van der Waals surface area (Å²) in [6.07, 6.45) is 0.968. The highest BCUT2D eigenvalue weighted by molar-refractivity contribution is 9.10. The molecule has 11 heavy (non-hydrogen) atoms. The fourth-order valence-corrected chi connectivity index (χ4v) is 1.06. The van der Waals surface area contributed by atoms with Crippen molar-refractivity contribution in [1.82, 2.24) is 4.98 Å². The lowest BCUT2D eigenvalue weighted by molar-refractivity contribution is 0.197. The zero-order chi connectivity index (χ0) is 8.27. The van der Waals surface area contributed by atoms with Gasteiger partial charge in [0.1, 0.15) is 6.10 Å². The smallest absolute Gasteiger partial charge is 0.109 e. The van der Waals surface area contributed by atoms with Crippen molar-refractivity contribution in [3.8, 4) is 0 Å². The van der Waals surface area contributed by atoms with Crippen molar-refractivity contribution in [2.24, 2.45) is 0 Å². The van der Waals surface area contributed by atoms with E-state index in [1.54, 1.807) is 12.3 Å². The number of pyridine rings is 1. The predicted octanol–water partition coefficient (Wildman–Crippen LogP) is 2.12. The molecule has 60 valence electrons. The van der Waals surface area contributed by atoms with Crippen LogP contribution in [-0.4, -0.2) is 16.0 Å². The van der Waals surface area contributed by atoms with Gasteiger partial charge in [-0.15, -0.1) is 11.6 Å². The first-order valence-corrected chi connectivity index (χ1v) is 4.42. The maximum absolute atomic E-state index is 9.21. The van der Waals surface area contributed by atoms with Gasteiger partial charge in [0, 0.05) is 10.7 Å². The maximum atomic E-state index is 9.21. The van der Waals surface area contributed by atoms with Crippen LogP contribution in [0.25, 0.3) is 0 Å². The lowest BCUT2D eigenvalue weighted by atomic mass is 10.2. The van der Waals surface area contributed by atoms with Crippen LogP contribution in [0.4, 0.5) is 0 Å². The number of rotatable bonds is 2. The van der Waals surface area contributed by atoms with E-state index in [0.717, 1.165) is 4.47 Å². The van der Waals surface area contributed by atoms with Gasteiger partial charge in [-0.3, -0.25) is 4.98 Å². The van der Waals surface area contributed by atoms with Gasteiger partial charge in [0.2, 0.25) is 0 Å². The van der Waals surface area contributed by atoms with E-state index in [0.29, 0.717) is 5.69 Å². The van der Waals surface area contributed by atoms with Crippen molar-refractivity contribution in [1.29, 1.82) is 0 Å². The van der Waals surface area contributed by atoms with Gasteiger partial charge in [-0.25, -0.2) is 0 Å². The van der Waals surface area contributed by atoms with Crippen molar-refractivity contribution in [2.75, 3.05) is 5.88 Å². The number of hydrogen-bond acceptors (Lipinski definition) is 2. The Bertz CT molecular complexity index is 226. The SMILES string of the molecule is O[C@H](CCl)c1ccc(Br)cn1. The summed E-state index contributed by atoms with van der Waals surface area (Å²) in [6.45, 7) is 0. The normalized spacial score (nSPS) is 13.0. The Labute approximate surface area is 78.3 Å². The predicted molar refractivity (Wildman–Crippen MR) is 47.6 cm³/mol. The van der Waals surface area contributed by atoms with E-state index in [-0.39, 0.29) is 5.88 Å². The number of hydrogen-bond donors (Lipinski definition) is 1. The molecule has 0 spiro atoms. The van der Waals surface area contributed by atoms with Gasteiger partial charge in [0.25, 0.3) is 0 Å². The van der Waals surface area contributed by atoms with Gasteiger partial charge in [-0.1, -0.05) is 0 Å². The van der Waals surface area contributed by atoms with Crippen LogP contribution in [0.1, 0.15) is 11.8 Å². The molecule has 0 bridgehead atoms. The Kier molecular flexibility index (Phi) is 3.30. The molecular weight excluding hydrogens is 229 g/mol.